The number of esters is 2. The van der Waals surface area contributed by atoms with Crippen LogP contribution < -0.4 is 29.0 Å². The number of phenolic OH excluding ortho intramolecular Hbond substituents is 1. The van der Waals surface area contributed by atoms with Crippen molar-refractivity contribution in [1.29, 1.82) is 0 Å². The van der Waals surface area contributed by atoms with E-state index in [1.54, 1.807) is 14.2 Å². The lowest BCUT2D eigenvalue weighted by molar-refractivity contribution is -0.218. The number of benzene rings is 3. The minimum atomic E-state index is -1.49. The van der Waals surface area contributed by atoms with Gasteiger partial charge < -0.3 is 43.6 Å². The van der Waals surface area contributed by atoms with Gasteiger partial charge in [-0.3, -0.25) is 19.9 Å². The van der Waals surface area contributed by atoms with Crippen molar-refractivity contribution in [3.8, 4) is 34.5 Å². The summed E-state index contributed by atoms with van der Waals surface area (Å²) >= 11 is 1.54. The van der Waals surface area contributed by atoms with E-state index in [1.165, 1.54) is 18.7 Å². The number of nitrogens with zero attached hydrogens (tertiary/aromatic N) is 2. The molecular weight excluding hydrogens is 753 g/mol. The second-order valence-corrected chi connectivity index (χ2v) is 17.1. The largest absolute Gasteiger partial charge is 0.504 e. The van der Waals surface area contributed by atoms with E-state index < -0.39 is 46.6 Å². The lowest BCUT2D eigenvalue weighted by Gasteiger charge is -2.61. The number of phenols is 1. The number of nitrogens with one attached hydrogen (secondary N) is 2. The first-order valence-corrected chi connectivity index (χ1v) is 20.5. The number of carbonyl (C=O) groups is 2. The first-order chi connectivity index (χ1) is 27.4. The molecule has 2 fully saturated rings. The molecule has 1 spiro atoms. The number of hydrogen-bond donors (Lipinski definition) is 4. The van der Waals surface area contributed by atoms with Crippen LogP contribution in [0.1, 0.15) is 75.8 Å². The SMILES string of the molecule is CCN1CC2(O)Cc3cc(C)c(OC)c(O)c3[C@H]1[C@@H]1[C@@H]3SC[C@@]4(NCCc5c4[nH]c4ccc(OC)cc54)C(=O)OCC(c4c5c(c(C)c(OC(C)=O)c43)OCO5)N12. The molecule has 2 saturated heterocycles. The number of likely N-dealkylation sites (N-methyl/N-ethyl adjacent to an activating group) is 1. The number of aromatic nitrogens is 1. The third kappa shape index (κ3) is 4.98. The number of carbonyl (C=O) groups excluding carboxylic acids is 2. The van der Waals surface area contributed by atoms with Crippen LogP contribution >= 0.6 is 11.8 Å². The molecule has 8 aliphatic heterocycles. The molecular formula is C42H46N4O10S. The molecule has 0 saturated carbocycles. The molecule has 4 aromatic rings. The highest BCUT2D eigenvalue weighted by Gasteiger charge is 2.64. The lowest BCUT2D eigenvalue weighted by Crippen LogP contribution is -2.70. The summed E-state index contributed by atoms with van der Waals surface area (Å²) in [7, 11) is 3.19. The van der Waals surface area contributed by atoms with Crippen molar-refractivity contribution in [3.63, 3.8) is 0 Å². The first kappa shape index (κ1) is 36.7. The maximum atomic E-state index is 15.0. The lowest BCUT2D eigenvalue weighted by atomic mass is 9.78. The fourth-order valence-electron chi connectivity index (χ4n) is 10.8. The normalized spacial score (nSPS) is 29.6. The Kier molecular flexibility index (Phi) is 8.31. The van der Waals surface area contributed by atoms with Gasteiger partial charge in [-0.2, -0.15) is 0 Å². The van der Waals surface area contributed by atoms with E-state index in [9.17, 15) is 19.8 Å². The number of H-pyrrole nitrogens is 1. The van der Waals surface area contributed by atoms with Crippen LogP contribution in [-0.2, 0) is 32.7 Å². The number of ether oxygens (including phenoxy) is 6. The quantitative estimate of drug-likeness (QED) is 0.168. The van der Waals surface area contributed by atoms with Gasteiger partial charge in [-0.1, -0.05) is 13.0 Å². The predicted molar refractivity (Wildman–Crippen MR) is 209 cm³/mol. The van der Waals surface area contributed by atoms with Crippen LogP contribution in [0.15, 0.2) is 24.3 Å². The number of rotatable bonds is 4. The zero-order valence-corrected chi connectivity index (χ0v) is 33.6. The highest BCUT2D eigenvalue weighted by Crippen LogP contribution is 2.65. The maximum absolute atomic E-state index is 15.0. The molecule has 9 heterocycles. The molecule has 14 nitrogen and oxygen atoms in total. The topological polar surface area (TPSA) is 164 Å². The van der Waals surface area contributed by atoms with E-state index in [0.717, 1.165) is 44.6 Å². The zero-order chi connectivity index (χ0) is 39.7. The molecule has 12 rings (SSSR count). The van der Waals surface area contributed by atoms with Crippen molar-refractivity contribution in [1.82, 2.24) is 20.1 Å². The molecule has 57 heavy (non-hydrogen) atoms. The summed E-state index contributed by atoms with van der Waals surface area (Å²) in [5.74, 6) is 1.71. The van der Waals surface area contributed by atoms with Crippen LogP contribution in [0.2, 0.25) is 0 Å². The molecule has 8 aliphatic rings. The summed E-state index contributed by atoms with van der Waals surface area (Å²) in [5.41, 5.74) is 4.11. The predicted octanol–water partition coefficient (Wildman–Crippen LogP) is 4.58. The maximum Gasteiger partial charge on any atom is 0.333 e. The number of hydrogen-bond acceptors (Lipinski definition) is 14. The van der Waals surface area contributed by atoms with Gasteiger partial charge in [0.2, 0.25) is 6.79 Å². The second-order valence-electron chi connectivity index (χ2n) is 16.0. The van der Waals surface area contributed by atoms with E-state index in [0.29, 0.717) is 59.2 Å². The average molecular weight is 799 g/mol. The van der Waals surface area contributed by atoms with E-state index >= 15 is 0 Å². The number of piperazine rings is 1. The number of aromatic hydroxyl groups is 1. The Morgan fingerprint density at radius 1 is 1.07 bits per heavy atom. The highest BCUT2D eigenvalue weighted by molar-refractivity contribution is 7.99. The molecule has 3 aromatic carbocycles. The number of thioether (sulfide) groups is 1. The van der Waals surface area contributed by atoms with Gasteiger partial charge in [-0.25, -0.2) is 4.79 Å². The van der Waals surface area contributed by atoms with Gasteiger partial charge in [-0.15, -0.1) is 11.8 Å². The number of aliphatic hydroxyl groups is 1. The van der Waals surface area contributed by atoms with E-state index in [1.807, 2.05) is 38.1 Å². The molecule has 7 atom stereocenters. The van der Waals surface area contributed by atoms with Crippen molar-refractivity contribution in [2.75, 3.05) is 53.0 Å². The van der Waals surface area contributed by atoms with Crippen LogP contribution in [0, 0.1) is 13.8 Å². The molecule has 3 unspecified atom stereocenters. The van der Waals surface area contributed by atoms with Gasteiger partial charge in [0.25, 0.3) is 0 Å². The van der Waals surface area contributed by atoms with Crippen molar-refractivity contribution in [2.24, 2.45) is 0 Å². The third-order valence-electron chi connectivity index (χ3n) is 13.0. The second kappa shape index (κ2) is 12.9. The van der Waals surface area contributed by atoms with Crippen LogP contribution in [0.3, 0.4) is 0 Å². The van der Waals surface area contributed by atoms with Crippen LogP contribution in [-0.4, -0.2) is 102 Å². The summed E-state index contributed by atoms with van der Waals surface area (Å²) in [6.45, 7) is 8.32. The number of methoxy groups -OCH3 is 2. The molecule has 15 heteroatoms. The highest BCUT2D eigenvalue weighted by atomic mass is 32.2. The summed E-state index contributed by atoms with van der Waals surface area (Å²) in [5, 5.41) is 29.5. The van der Waals surface area contributed by atoms with Gasteiger partial charge in [0.05, 0.1) is 37.2 Å². The summed E-state index contributed by atoms with van der Waals surface area (Å²) in [4.78, 5) is 35.9. The summed E-state index contributed by atoms with van der Waals surface area (Å²) in [6, 6.07) is 6.09. The standard InChI is InChI=1S/C42H46N4O10S/c1-7-45-16-41(50)14-22-12-19(2)34(52-6)33(48)28(22)31(45)32-38-30-29(37-36(54-18-55-37)20(3)35(30)56-21(4)47)27(46(32)41)15-53-40(49)42(17-57-38)39-24(10-11-43-42)25-13-23(51-5)8-9-26(25)44-39/h8-9,12-13,27,31-32,38,43-44,48,50H,7,10-11,14-18H2,1-6H3/t27?,31-,32+,38+,41?,42-/m0/s1. The van der Waals surface area contributed by atoms with Gasteiger partial charge in [0.15, 0.2) is 28.5 Å². The Morgan fingerprint density at radius 2 is 1.88 bits per heavy atom. The summed E-state index contributed by atoms with van der Waals surface area (Å²) < 4.78 is 36.4. The van der Waals surface area contributed by atoms with Gasteiger partial charge in [0.1, 0.15) is 23.8 Å². The fraction of sp³-hybridized carbons (Fsp3) is 0.476. The van der Waals surface area contributed by atoms with Crippen molar-refractivity contribution in [3.05, 3.63) is 68.9 Å². The third-order valence-corrected chi connectivity index (χ3v) is 14.5. The van der Waals surface area contributed by atoms with Gasteiger partial charge in [-0.05, 0) is 61.7 Å². The molecule has 0 radical (unpaired) electrons. The monoisotopic (exact) mass is 798 g/mol. The molecule has 0 aliphatic carbocycles. The molecule has 4 bridgehead atoms. The van der Waals surface area contributed by atoms with Crippen LogP contribution in [0.5, 0.6) is 34.5 Å². The molecule has 1 aromatic heterocycles. The van der Waals surface area contributed by atoms with Crippen LogP contribution in [0.25, 0.3) is 10.9 Å². The molecule has 300 valence electrons. The average Bonchev–Trinajstić information content (AvgIpc) is 3.78. The zero-order valence-electron chi connectivity index (χ0n) is 32.7. The van der Waals surface area contributed by atoms with Crippen molar-refractivity contribution >= 4 is 34.6 Å². The Bertz CT molecular complexity index is 2400. The van der Waals surface area contributed by atoms with Crippen molar-refractivity contribution < 1.29 is 48.2 Å². The smallest absolute Gasteiger partial charge is 0.333 e. The minimum absolute atomic E-state index is 0.0392. The fourth-order valence-corrected chi connectivity index (χ4v) is 12.5. The van der Waals surface area contributed by atoms with E-state index in [4.69, 9.17) is 28.4 Å². The molecule has 0 amide bonds. The Balaban J connectivity index is 1.25. The van der Waals surface area contributed by atoms with E-state index in [-0.39, 0.29) is 37.9 Å². The molecule has 4 N–H and O–H groups in total. The number of fused-ring (bicyclic) bond motifs is 8. The Labute approximate surface area is 333 Å². The van der Waals surface area contributed by atoms with Gasteiger partial charge >= 0.3 is 11.9 Å². The first-order valence-electron chi connectivity index (χ1n) is 19.5. The summed E-state index contributed by atoms with van der Waals surface area (Å²) in [6.07, 6.45) is 0.877. The van der Waals surface area contributed by atoms with Gasteiger partial charge in [0, 0.05) is 71.4 Å². The van der Waals surface area contributed by atoms with Crippen LogP contribution in [0.4, 0.5) is 0 Å². The number of aromatic amines is 1. The number of aryl methyl sites for hydroxylation is 1. The van der Waals surface area contributed by atoms with Crippen molar-refractivity contribution in [2.45, 2.75) is 75.2 Å². The minimum Gasteiger partial charge on any atom is -0.504 e. The van der Waals surface area contributed by atoms with E-state index in [2.05, 4.69) is 27.0 Å². The Hall–Kier alpha value is -4.67. The Morgan fingerprint density at radius 3 is 2.63 bits per heavy atom.